The molecule has 0 saturated carbocycles. The van der Waals surface area contributed by atoms with Crippen LogP contribution in [0.4, 0.5) is 13.6 Å². The molecule has 9 nitrogen and oxygen atoms in total. The molecule has 0 radical (unpaired) electrons. The standard InChI is InChI=1S/C17H18F2N4O5S/c18-14(19)10-28-12-2-1-3-13(6-12)29(26,27)5-4-15-20-7-11(21-15)8-23-9-16(24)22-17(23)25/h1-3,6-7,14H,4-5,8-10H2,(H,20,21)(H,22,24,25). The molecule has 3 amide bonds. The Morgan fingerprint density at radius 2 is 2.07 bits per heavy atom. The number of aromatic nitrogens is 2. The third-order valence-electron chi connectivity index (χ3n) is 4.06. The number of hydrogen-bond donors (Lipinski definition) is 2. The van der Waals surface area contributed by atoms with Crippen LogP contribution in [0, 0.1) is 0 Å². The lowest BCUT2D eigenvalue weighted by molar-refractivity contribution is -0.118. The number of imide groups is 1. The molecule has 12 heteroatoms. The lowest BCUT2D eigenvalue weighted by atomic mass is 10.3. The Kier molecular flexibility index (Phi) is 6.11. The van der Waals surface area contributed by atoms with Gasteiger partial charge in [-0.3, -0.25) is 10.1 Å². The predicted molar refractivity (Wildman–Crippen MR) is 96.2 cm³/mol. The maximum absolute atomic E-state index is 12.5. The molecule has 1 aromatic heterocycles. The van der Waals surface area contributed by atoms with Gasteiger partial charge in [-0.2, -0.15) is 0 Å². The Bertz CT molecular complexity index is 1010. The van der Waals surface area contributed by atoms with Crippen LogP contribution in [-0.4, -0.2) is 60.6 Å². The maximum Gasteiger partial charge on any atom is 0.324 e. The summed E-state index contributed by atoms with van der Waals surface area (Å²) in [7, 11) is -3.70. The van der Waals surface area contributed by atoms with E-state index in [1.807, 2.05) is 0 Å². The number of halogens is 2. The molecule has 0 unspecified atom stereocenters. The molecular weight excluding hydrogens is 410 g/mol. The fourth-order valence-corrected chi connectivity index (χ4v) is 3.97. The van der Waals surface area contributed by atoms with Crippen molar-refractivity contribution in [3.8, 4) is 5.75 Å². The molecule has 2 N–H and O–H groups in total. The number of carbonyl (C=O) groups excluding carboxylic acids is 2. The zero-order chi connectivity index (χ0) is 21.0. The second kappa shape index (κ2) is 8.55. The van der Waals surface area contributed by atoms with Gasteiger partial charge in [-0.25, -0.2) is 27.0 Å². The van der Waals surface area contributed by atoms with E-state index in [1.165, 1.54) is 35.4 Å². The van der Waals surface area contributed by atoms with Gasteiger partial charge in [-0.1, -0.05) is 6.07 Å². The lowest BCUT2D eigenvalue weighted by Crippen LogP contribution is -2.27. The third kappa shape index (κ3) is 5.50. The van der Waals surface area contributed by atoms with Crippen molar-refractivity contribution in [1.29, 1.82) is 0 Å². The summed E-state index contributed by atoms with van der Waals surface area (Å²) >= 11 is 0. The average molecular weight is 428 g/mol. The van der Waals surface area contributed by atoms with E-state index in [0.29, 0.717) is 11.5 Å². The molecule has 29 heavy (non-hydrogen) atoms. The first-order valence-corrected chi connectivity index (χ1v) is 10.2. The first-order chi connectivity index (χ1) is 13.7. The molecule has 2 aromatic rings. The minimum absolute atomic E-state index is 0.0386. The van der Waals surface area contributed by atoms with Crippen molar-refractivity contribution in [2.75, 3.05) is 18.9 Å². The second-order valence-electron chi connectivity index (χ2n) is 6.31. The van der Waals surface area contributed by atoms with Crippen LogP contribution in [-0.2, 0) is 27.6 Å². The number of nitrogens with one attached hydrogen (secondary N) is 2. The Labute approximate surface area is 165 Å². The number of carbonyl (C=O) groups is 2. The second-order valence-corrected chi connectivity index (χ2v) is 8.42. The number of rotatable bonds is 9. The van der Waals surface area contributed by atoms with Crippen LogP contribution >= 0.6 is 0 Å². The van der Waals surface area contributed by atoms with Crippen LogP contribution in [0.25, 0.3) is 0 Å². The van der Waals surface area contributed by atoms with Crippen LogP contribution in [0.3, 0.4) is 0 Å². The summed E-state index contributed by atoms with van der Waals surface area (Å²) in [6.07, 6.45) is -1.11. The molecule has 0 aliphatic carbocycles. The van der Waals surface area contributed by atoms with Crippen molar-refractivity contribution in [3.05, 3.63) is 42.0 Å². The number of amides is 3. The topological polar surface area (TPSA) is 121 Å². The Hall–Kier alpha value is -3.02. The number of aromatic amines is 1. The van der Waals surface area contributed by atoms with E-state index >= 15 is 0 Å². The molecule has 1 saturated heterocycles. The number of ether oxygens (including phenoxy) is 1. The quantitative estimate of drug-likeness (QED) is 0.578. The molecule has 1 aliphatic rings. The van der Waals surface area contributed by atoms with Crippen LogP contribution in [0.15, 0.2) is 35.4 Å². The number of sulfone groups is 1. The van der Waals surface area contributed by atoms with Gasteiger partial charge in [-0.15, -0.1) is 0 Å². The molecule has 1 fully saturated rings. The van der Waals surface area contributed by atoms with Gasteiger partial charge in [0.15, 0.2) is 9.84 Å². The van der Waals surface area contributed by atoms with Crippen molar-refractivity contribution in [2.45, 2.75) is 24.3 Å². The highest BCUT2D eigenvalue weighted by Crippen LogP contribution is 2.20. The number of aryl methyl sites for hydroxylation is 1. The van der Waals surface area contributed by atoms with Crippen LogP contribution in [0.1, 0.15) is 11.5 Å². The average Bonchev–Trinajstić information content (AvgIpc) is 3.24. The summed E-state index contributed by atoms with van der Waals surface area (Å²) in [4.78, 5) is 31.0. The van der Waals surface area contributed by atoms with Crippen LogP contribution < -0.4 is 10.1 Å². The van der Waals surface area contributed by atoms with Crippen molar-refractivity contribution in [2.24, 2.45) is 0 Å². The largest absolute Gasteiger partial charge is 0.488 e. The number of hydrogen-bond acceptors (Lipinski definition) is 6. The summed E-state index contributed by atoms with van der Waals surface area (Å²) in [6, 6.07) is 4.89. The number of H-pyrrole nitrogens is 1. The van der Waals surface area contributed by atoms with Gasteiger partial charge in [0.2, 0.25) is 5.91 Å². The lowest BCUT2D eigenvalue weighted by Gasteiger charge is -2.10. The van der Waals surface area contributed by atoms with Gasteiger partial charge in [-0.05, 0) is 18.2 Å². The van der Waals surface area contributed by atoms with Crippen LogP contribution in [0.2, 0.25) is 0 Å². The van der Waals surface area contributed by atoms with Gasteiger partial charge in [0, 0.05) is 6.42 Å². The minimum atomic E-state index is -3.70. The monoisotopic (exact) mass is 428 g/mol. The molecule has 1 aliphatic heterocycles. The molecule has 0 bridgehead atoms. The van der Waals surface area contributed by atoms with Crippen molar-refractivity contribution in [1.82, 2.24) is 20.2 Å². The first kappa shape index (κ1) is 20.7. The molecule has 156 valence electrons. The molecule has 1 aromatic carbocycles. The molecule has 2 heterocycles. The van der Waals surface area contributed by atoms with E-state index in [0.717, 1.165) is 0 Å². The van der Waals surface area contributed by atoms with Crippen molar-refractivity contribution < 1.29 is 31.5 Å². The third-order valence-corrected chi connectivity index (χ3v) is 5.77. The highest BCUT2D eigenvalue weighted by Gasteiger charge is 2.27. The van der Waals surface area contributed by atoms with E-state index in [2.05, 4.69) is 15.3 Å². The Morgan fingerprint density at radius 3 is 2.76 bits per heavy atom. The van der Waals surface area contributed by atoms with E-state index in [4.69, 9.17) is 4.74 Å². The number of imidazole rings is 1. The molecule has 0 spiro atoms. The highest BCUT2D eigenvalue weighted by atomic mass is 32.2. The smallest absolute Gasteiger partial charge is 0.324 e. The van der Waals surface area contributed by atoms with Crippen LogP contribution in [0.5, 0.6) is 5.75 Å². The predicted octanol–water partition coefficient (Wildman–Crippen LogP) is 1.12. The molecule has 3 rings (SSSR count). The number of benzene rings is 1. The number of alkyl halides is 2. The van der Waals surface area contributed by atoms with Gasteiger partial charge in [0.1, 0.15) is 24.7 Å². The molecule has 0 atom stereocenters. The van der Waals surface area contributed by atoms with Gasteiger partial charge in [0.25, 0.3) is 6.43 Å². The zero-order valence-corrected chi connectivity index (χ0v) is 15.9. The van der Waals surface area contributed by atoms with E-state index in [9.17, 15) is 26.8 Å². The summed E-state index contributed by atoms with van der Waals surface area (Å²) in [5, 5.41) is 2.16. The number of urea groups is 1. The summed E-state index contributed by atoms with van der Waals surface area (Å²) in [6.45, 7) is -0.730. The normalized spacial score (nSPS) is 14.5. The van der Waals surface area contributed by atoms with Gasteiger partial charge >= 0.3 is 6.03 Å². The minimum Gasteiger partial charge on any atom is -0.488 e. The van der Waals surface area contributed by atoms with Gasteiger partial charge in [0.05, 0.1) is 29.1 Å². The van der Waals surface area contributed by atoms with Crippen molar-refractivity contribution >= 4 is 21.8 Å². The first-order valence-electron chi connectivity index (χ1n) is 8.58. The molecular formula is C17H18F2N4O5S. The van der Waals surface area contributed by atoms with E-state index < -0.39 is 28.9 Å². The zero-order valence-electron chi connectivity index (χ0n) is 15.1. The number of nitrogens with zero attached hydrogens (tertiary/aromatic N) is 2. The SMILES string of the molecule is O=C1CN(Cc2cnc(CCS(=O)(=O)c3cccc(OCC(F)F)c3)[nH]2)C(=O)N1. The Morgan fingerprint density at radius 1 is 1.28 bits per heavy atom. The highest BCUT2D eigenvalue weighted by molar-refractivity contribution is 7.91. The fraction of sp³-hybridized carbons (Fsp3) is 0.353. The van der Waals surface area contributed by atoms with Crippen molar-refractivity contribution in [3.63, 3.8) is 0 Å². The van der Waals surface area contributed by atoms with Gasteiger partial charge < -0.3 is 14.6 Å². The Balaban J connectivity index is 1.59. The summed E-state index contributed by atoms with van der Waals surface area (Å²) in [5.41, 5.74) is 0.560. The fourth-order valence-electron chi connectivity index (χ4n) is 2.70. The summed E-state index contributed by atoms with van der Waals surface area (Å²) < 4.78 is 54.4. The maximum atomic E-state index is 12.5. The van der Waals surface area contributed by atoms with E-state index in [1.54, 1.807) is 0 Å². The van der Waals surface area contributed by atoms with E-state index in [-0.39, 0.29) is 41.8 Å². The summed E-state index contributed by atoms with van der Waals surface area (Å²) in [5.74, 6) is -0.202.